The fourth-order valence-corrected chi connectivity index (χ4v) is 2.41. The van der Waals surface area contributed by atoms with Crippen LogP contribution in [0.5, 0.6) is 0 Å². The molecular formula is C10H18N4. The predicted octanol–water partition coefficient (Wildman–Crippen LogP) is 1.62. The van der Waals surface area contributed by atoms with E-state index in [2.05, 4.69) is 17.0 Å². The molecular weight excluding hydrogens is 176 g/mol. The number of hydrogen-bond donors (Lipinski definition) is 1. The zero-order valence-corrected chi connectivity index (χ0v) is 8.95. The van der Waals surface area contributed by atoms with Gasteiger partial charge in [-0.1, -0.05) is 19.8 Å². The number of aryl methyl sites for hydroxylation is 1. The predicted molar refractivity (Wildman–Crippen MR) is 55.9 cm³/mol. The minimum atomic E-state index is 0.218. The minimum Gasteiger partial charge on any atom is -0.368 e. The van der Waals surface area contributed by atoms with Crippen LogP contribution < -0.4 is 5.73 Å². The van der Waals surface area contributed by atoms with Crippen LogP contribution in [0.1, 0.15) is 44.9 Å². The Balaban J connectivity index is 2.36. The normalized spacial score (nSPS) is 20.1. The topological polar surface area (TPSA) is 56.7 Å². The lowest BCUT2D eigenvalue weighted by atomic mass is 9.83. The highest BCUT2D eigenvalue weighted by molar-refractivity contribution is 5.21. The molecule has 14 heavy (non-hydrogen) atoms. The summed E-state index contributed by atoms with van der Waals surface area (Å²) in [4.78, 5) is 4.36. The Labute approximate surface area is 84.5 Å². The van der Waals surface area contributed by atoms with Crippen LogP contribution in [-0.2, 0) is 12.5 Å². The molecule has 1 aromatic rings. The third kappa shape index (κ3) is 1.29. The zero-order chi connectivity index (χ0) is 10.2. The number of nitrogens with two attached hydrogens (primary N) is 1. The van der Waals surface area contributed by atoms with E-state index in [1.165, 1.54) is 25.7 Å². The maximum Gasteiger partial charge on any atom is 0.218 e. The van der Waals surface area contributed by atoms with Crippen LogP contribution in [0.4, 0.5) is 5.95 Å². The third-order valence-electron chi connectivity index (χ3n) is 3.51. The quantitative estimate of drug-likeness (QED) is 0.778. The Kier molecular flexibility index (Phi) is 2.21. The van der Waals surface area contributed by atoms with Gasteiger partial charge in [0.25, 0.3) is 0 Å². The second-order valence-electron chi connectivity index (χ2n) is 4.26. The van der Waals surface area contributed by atoms with Crippen molar-refractivity contribution in [3.05, 3.63) is 5.82 Å². The average Bonchev–Trinajstić information content (AvgIpc) is 2.75. The van der Waals surface area contributed by atoms with Crippen molar-refractivity contribution in [1.29, 1.82) is 0 Å². The molecule has 0 spiro atoms. The van der Waals surface area contributed by atoms with Gasteiger partial charge in [-0.05, 0) is 19.3 Å². The second kappa shape index (κ2) is 3.26. The summed E-state index contributed by atoms with van der Waals surface area (Å²) in [7, 11) is 1.85. The molecule has 4 heteroatoms. The summed E-state index contributed by atoms with van der Waals surface area (Å²) in [6, 6.07) is 0. The van der Waals surface area contributed by atoms with Gasteiger partial charge in [0.2, 0.25) is 5.95 Å². The summed E-state index contributed by atoms with van der Waals surface area (Å²) < 4.78 is 1.67. The molecule has 78 valence electrons. The Morgan fingerprint density at radius 1 is 1.43 bits per heavy atom. The van der Waals surface area contributed by atoms with Gasteiger partial charge >= 0.3 is 0 Å². The summed E-state index contributed by atoms with van der Waals surface area (Å²) in [6.07, 6.45) is 6.15. The van der Waals surface area contributed by atoms with Gasteiger partial charge in [0.1, 0.15) is 0 Å². The molecule has 1 aliphatic rings. The van der Waals surface area contributed by atoms with Crippen LogP contribution >= 0.6 is 0 Å². The molecule has 0 atom stereocenters. The van der Waals surface area contributed by atoms with Gasteiger partial charge < -0.3 is 5.73 Å². The number of anilines is 1. The molecule has 1 aliphatic carbocycles. The largest absolute Gasteiger partial charge is 0.368 e. The molecule has 0 aromatic carbocycles. The standard InChI is InChI=1S/C10H18N4/c1-3-10(6-4-5-7-10)8-12-9(11)14(2)13-8/h3-7H2,1-2H3,(H2,11,12,13). The molecule has 1 fully saturated rings. The van der Waals surface area contributed by atoms with E-state index in [0.29, 0.717) is 5.95 Å². The Bertz CT molecular complexity index is 303. The number of rotatable bonds is 2. The molecule has 1 aromatic heterocycles. The summed E-state index contributed by atoms with van der Waals surface area (Å²) in [5.74, 6) is 1.48. The molecule has 2 N–H and O–H groups in total. The Morgan fingerprint density at radius 2 is 2.07 bits per heavy atom. The number of hydrogen-bond acceptors (Lipinski definition) is 3. The van der Waals surface area contributed by atoms with Crippen molar-refractivity contribution in [2.75, 3.05) is 5.73 Å². The maximum atomic E-state index is 5.71. The molecule has 1 heterocycles. The van der Waals surface area contributed by atoms with E-state index in [1.54, 1.807) is 4.68 Å². The molecule has 0 aliphatic heterocycles. The van der Waals surface area contributed by atoms with Crippen LogP contribution in [0, 0.1) is 0 Å². The van der Waals surface area contributed by atoms with Gasteiger partial charge in [-0.15, -0.1) is 0 Å². The SMILES string of the molecule is CCC1(c2nc(N)n(C)n2)CCCC1. The summed E-state index contributed by atoms with van der Waals surface area (Å²) >= 11 is 0. The lowest BCUT2D eigenvalue weighted by Gasteiger charge is -2.23. The van der Waals surface area contributed by atoms with Crippen LogP contribution in [0.3, 0.4) is 0 Å². The van der Waals surface area contributed by atoms with Crippen molar-refractivity contribution < 1.29 is 0 Å². The monoisotopic (exact) mass is 194 g/mol. The van der Waals surface area contributed by atoms with Gasteiger partial charge in [-0.2, -0.15) is 10.1 Å². The molecule has 0 radical (unpaired) electrons. The van der Waals surface area contributed by atoms with Crippen molar-refractivity contribution in [2.24, 2.45) is 7.05 Å². The second-order valence-corrected chi connectivity index (χ2v) is 4.26. The van der Waals surface area contributed by atoms with Gasteiger partial charge in [0.05, 0.1) is 0 Å². The van der Waals surface area contributed by atoms with Crippen molar-refractivity contribution in [1.82, 2.24) is 14.8 Å². The first kappa shape index (κ1) is 9.49. The van der Waals surface area contributed by atoms with E-state index < -0.39 is 0 Å². The average molecular weight is 194 g/mol. The maximum absolute atomic E-state index is 5.71. The highest BCUT2D eigenvalue weighted by Crippen LogP contribution is 2.42. The first-order chi connectivity index (χ1) is 6.68. The number of nitrogen functional groups attached to an aromatic ring is 1. The van der Waals surface area contributed by atoms with Crippen LogP contribution in [0.2, 0.25) is 0 Å². The molecule has 0 amide bonds. The van der Waals surface area contributed by atoms with E-state index in [4.69, 9.17) is 5.73 Å². The minimum absolute atomic E-state index is 0.218. The van der Waals surface area contributed by atoms with Crippen molar-refractivity contribution >= 4 is 5.95 Å². The first-order valence-corrected chi connectivity index (χ1v) is 5.35. The molecule has 4 nitrogen and oxygen atoms in total. The van der Waals surface area contributed by atoms with E-state index >= 15 is 0 Å². The molecule has 0 saturated heterocycles. The summed E-state index contributed by atoms with van der Waals surface area (Å²) in [5.41, 5.74) is 5.93. The highest BCUT2D eigenvalue weighted by Gasteiger charge is 2.37. The number of aromatic nitrogens is 3. The van der Waals surface area contributed by atoms with Crippen molar-refractivity contribution in [3.63, 3.8) is 0 Å². The van der Waals surface area contributed by atoms with Crippen LogP contribution in [0.15, 0.2) is 0 Å². The number of nitrogens with zero attached hydrogens (tertiary/aromatic N) is 3. The van der Waals surface area contributed by atoms with Gasteiger partial charge in [-0.25, -0.2) is 4.68 Å². The van der Waals surface area contributed by atoms with Crippen LogP contribution in [-0.4, -0.2) is 14.8 Å². The highest BCUT2D eigenvalue weighted by atomic mass is 15.4. The smallest absolute Gasteiger partial charge is 0.218 e. The van der Waals surface area contributed by atoms with Crippen LogP contribution in [0.25, 0.3) is 0 Å². The van der Waals surface area contributed by atoms with Gasteiger partial charge in [0.15, 0.2) is 5.82 Å². The molecule has 1 saturated carbocycles. The van der Waals surface area contributed by atoms with E-state index in [9.17, 15) is 0 Å². The molecule has 0 bridgehead atoms. The first-order valence-electron chi connectivity index (χ1n) is 5.35. The van der Waals surface area contributed by atoms with Gasteiger partial charge in [0, 0.05) is 12.5 Å². The lowest BCUT2D eigenvalue weighted by molar-refractivity contribution is 0.397. The lowest BCUT2D eigenvalue weighted by Crippen LogP contribution is -2.22. The Hall–Kier alpha value is -1.06. The fraction of sp³-hybridized carbons (Fsp3) is 0.800. The van der Waals surface area contributed by atoms with Crippen molar-refractivity contribution in [3.8, 4) is 0 Å². The van der Waals surface area contributed by atoms with Gasteiger partial charge in [-0.3, -0.25) is 0 Å². The molecule has 2 rings (SSSR count). The van der Waals surface area contributed by atoms with Crippen molar-refractivity contribution in [2.45, 2.75) is 44.4 Å². The Morgan fingerprint density at radius 3 is 2.50 bits per heavy atom. The molecule has 0 unspecified atom stereocenters. The van der Waals surface area contributed by atoms with E-state index in [0.717, 1.165) is 12.2 Å². The zero-order valence-electron chi connectivity index (χ0n) is 8.95. The summed E-state index contributed by atoms with van der Waals surface area (Å²) in [5, 5.41) is 4.42. The van der Waals surface area contributed by atoms with E-state index in [1.807, 2.05) is 7.05 Å². The van der Waals surface area contributed by atoms with E-state index in [-0.39, 0.29) is 5.41 Å². The summed E-state index contributed by atoms with van der Waals surface area (Å²) in [6.45, 7) is 2.22. The third-order valence-corrected chi connectivity index (χ3v) is 3.51. The fourth-order valence-electron chi connectivity index (χ4n) is 2.41.